The van der Waals surface area contributed by atoms with Crippen LogP contribution >= 0.6 is 11.6 Å². The average molecular weight is 285 g/mol. The molecule has 0 bridgehead atoms. The summed E-state index contributed by atoms with van der Waals surface area (Å²) in [5.41, 5.74) is 1.73. The molecule has 3 rings (SSSR count). The van der Waals surface area contributed by atoms with Crippen LogP contribution in [-0.4, -0.2) is 18.4 Å². The molecule has 1 aliphatic heterocycles. The summed E-state index contributed by atoms with van der Waals surface area (Å²) in [6, 6.07) is 16.3. The Hall–Kier alpha value is -2.00. The first kappa shape index (κ1) is 13.0. The summed E-state index contributed by atoms with van der Waals surface area (Å²) >= 11 is 5.90. The molecule has 0 saturated carbocycles. The number of azo groups is 1. The molecule has 2 aromatic carbocycles. The highest BCUT2D eigenvalue weighted by Gasteiger charge is 2.33. The first-order valence-corrected chi connectivity index (χ1v) is 6.85. The SMILES string of the molecule is O=C(c1ccccc1)[C@H]1N=NC[C@H]1c1ccc(Cl)cc1. The summed E-state index contributed by atoms with van der Waals surface area (Å²) < 4.78 is 0. The van der Waals surface area contributed by atoms with Crippen molar-refractivity contribution in [3.8, 4) is 0 Å². The smallest absolute Gasteiger partial charge is 0.189 e. The Bertz CT molecular complexity index is 637. The molecule has 2 aromatic rings. The lowest BCUT2D eigenvalue weighted by Crippen LogP contribution is -2.24. The minimum absolute atomic E-state index is 0.0000252. The van der Waals surface area contributed by atoms with Crippen molar-refractivity contribution in [3.05, 3.63) is 70.7 Å². The molecule has 0 amide bonds. The molecule has 0 aliphatic carbocycles. The van der Waals surface area contributed by atoms with Gasteiger partial charge in [-0.3, -0.25) is 4.79 Å². The van der Waals surface area contributed by atoms with Gasteiger partial charge in [0.25, 0.3) is 0 Å². The van der Waals surface area contributed by atoms with Gasteiger partial charge in [-0.2, -0.15) is 10.2 Å². The van der Waals surface area contributed by atoms with E-state index in [1.807, 2.05) is 54.6 Å². The summed E-state index contributed by atoms with van der Waals surface area (Å²) in [4.78, 5) is 12.5. The third-order valence-electron chi connectivity index (χ3n) is 3.49. The number of nitrogens with zero attached hydrogens (tertiary/aromatic N) is 2. The van der Waals surface area contributed by atoms with Crippen LogP contribution in [0.3, 0.4) is 0 Å². The van der Waals surface area contributed by atoms with E-state index in [1.54, 1.807) is 0 Å². The van der Waals surface area contributed by atoms with Gasteiger partial charge >= 0.3 is 0 Å². The van der Waals surface area contributed by atoms with Crippen molar-refractivity contribution in [2.45, 2.75) is 12.0 Å². The van der Waals surface area contributed by atoms with E-state index in [2.05, 4.69) is 10.2 Å². The molecule has 3 nitrogen and oxygen atoms in total. The highest BCUT2D eigenvalue weighted by molar-refractivity contribution is 6.30. The van der Waals surface area contributed by atoms with Crippen LogP contribution < -0.4 is 0 Å². The van der Waals surface area contributed by atoms with Crippen LogP contribution in [0.4, 0.5) is 0 Å². The maximum Gasteiger partial charge on any atom is 0.189 e. The van der Waals surface area contributed by atoms with Gasteiger partial charge in [0.15, 0.2) is 5.78 Å². The predicted octanol–water partition coefficient (Wildman–Crippen LogP) is 4.14. The molecule has 0 saturated heterocycles. The Morgan fingerprint density at radius 3 is 2.45 bits per heavy atom. The van der Waals surface area contributed by atoms with E-state index in [-0.39, 0.29) is 11.7 Å². The largest absolute Gasteiger partial charge is 0.292 e. The molecule has 0 unspecified atom stereocenters. The minimum atomic E-state index is -0.432. The molecule has 100 valence electrons. The number of hydrogen-bond donors (Lipinski definition) is 0. The van der Waals surface area contributed by atoms with Crippen molar-refractivity contribution in [1.29, 1.82) is 0 Å². The van der Waals surface area contributed by atoms with Crippen LogP contribution in [0.5, 0.6) is 0 Å². The van der Waals surface area contributed by atoms with E-state index >= 15 is 0 Å². The molecule has 0 radical (unpaired) electrons. The topological polar surface area (TPSA) is 41.8 Å². The number of Topliss-reactive ketones (excluding diaryl/α,β-unsaturated/α-hetero) is 1. The van der Waals surface area contributed by atoms with Crippen LogP contribution in [-0.2, 0) is 0 Å². The van der Waals surface area contributed by atoms with Crippen LogP contribution in [0.1, 0.15) is 21.8 Å². The fourth-order valence-corrected chi connectivity index (χ4v) is 2.54. The standard InChI is InChI=1S/C16H13ClN2O/c17-13-8-6-11(7-9-13)14-10-18-19-15(14)16(20)12-4-2-1-3-5-12/h1-9,14-15H,10H2/t14-,15-/m0/s1. The number of rotatable bonds is 3. The summed E-state index contributed by atoms with van der Waals surface area (Å²) in [5.74, 6) is 0.0202. The van der Waals surface area contributed by atoms with Crippen LogP contribution in [0, 0.1) is 0 Å². The Morgan fingerprint density at radius 1 is 1.05 bits per heavy atom. The molecule has 0 fully saturated rings. The molecule has 0 N–H and O–H groups in total. The average Bonchev–Trinajstić information content (AvgIpc) is 2.97. The lowest BCUT2D eigenvalue weighted by atomic mass is 9.88. The lowest BCUT2D eigenvalue weighted by molar-refractivity contribution is 0.0956. The van der Waals surface area contributed by atoms with Crippen molar-refractivity contribution in [1.82, 2.24) is 0 Å². The summed E-state index contributed by atoms with van der Waals surface area (Å²) in [5, 5.41) is 8.88. The monoisotopic (exact) mass is 284 g/mol. The second-order valence-corrected chi connectivity index (χ2v) is 5.21. The molecule has 4 heteroatoms. The predicted molar refractivity (Wildman–Crippen MR) is 78.5 cm³/mol. The quantitative estimate of drug-likeness (QED) is 0.781. The number of benzene rings is 2. The number of halogens is 1. The Morgan fingerprint density at radius 2 is 1.75 bits per heavy atom. The summed E-state index contributed by atoms with van der Waals surface area (Å²) in [6.07, 6.45) is 0. The maximum absolute atomic E-state index is 12.5. The van der Waals surface area contributed by atoms with Gasteiger partial charge in [0.2, 0.25) is 0 Å². The third-order valence-corrected chi connectivity index (χ3v) is 3.74. The van der Waals surface area contributed by atoms with Gasteiger partial charge in [-0.25, -0.2) is 0 Å². The molecular formula is C16H13ClN2O. The number of carbonyl (C=O) groups excluding carboxylic acids is 1. The zero-order valence-electron chi connectivity index (χ0n) is 10.7. The van der Waals surface area contributed by atoms with Gasteiger partial charge in [-0.15, -0.1) is 0 Å². The summed E-state index contributed by atoms with van der Waals surface area (Å²) in [7, 11) is 0. The van der Waals surface area contributed by atoms with E-state index in [0.29, 0.717) is 17.1 Å². The second-order valence-electron chi connectivity index (χ2n) is 4.77. The van der Waals surface area contributed by atoms with Crippen LogP contribution in [0.2, 0.25) is 5.02 Å². The fourth-order valence-electron chi connectivity index (χ4n) is 2.41. The molecular weight excluding hydrogens is 272 g/mol. The number of carbonyl (C=O) groups is 1. The van der Waals surface area contributed by atoms with Gasteiger partial charge in [0.1, 0.15) is 6.04 Å². The van der Waals surface area contributed by atoms with Crippen molar-refractivity contribution >= 4 is 17.4 Å². The van der Waals surface area contributed by atoms with Gasteiger partial charge in [0, 0.05) is 16.5 Å². The Kier molecular flexibility index (Phi) is 3.61. The molecule has 0 aromatic heterocycles. The second kappa shape index (κ2) is 5.55. The van der Waals surface area contributed by atoms with Crippen LogP contribution in [0.25, 0.3) is 0 Å². The van der Waals surface area contributed by atoms with Gasteiger partial charge in [-0.1, -0.05) is 54.1 Å². The third kappa shape index (κ3) is 2.49. The van der Waals surface area contributed by atoms with Gasteiger partial charge in [0.05, 0.1) is 6.54 Å². The van der Waals surface area contributed by atoms with Gasteiger partial charge < -0.3 is 0 Å². The zero-order valence-corrected chi connectivity index (χ0v) is 11.5. The lowest BCUT2D eigenvalue weighted by Gasteiger charge is -2.15. The molecule has 1 aliphatic rings. The maximum atomic E-state index is 12.5. The normalized spacial score (nSPS) is 21.1. The molecule has 1 heterocycles. The zero-order chi connectivity index (χ0) is 13.9. The van der Waals surface area contributed by atoms with Crippen molar-refractivity contribution in [3.63, 3.8) is 0 Å². The van der Waals surface area contributed by atoms with Crippen LogP contribution in [0.15, 0.2) is 64.8 Å². The first-order chi connectivity index (χ1) is 9.75. The van der Waals surface area contributed by atoms with E-state index in [1.165, 1.54) is 0 Å². The first-order valence-electron chi connectivity index (χ1n) is 6.47. The van der Waals surface area contributed by atoms with Crippen molar-refractivity contribution < 1.29 is 4.79 Å². The van der Waals surface area contributed by atoms with Gasteiger partial charge in [-0.05, 0) is 17.7 Å². The minimum Gasteiger partial charge on any atom is -0.292 e. The van der Waals surface area contributed by atoms with E-state index in [0.717, 1.165) is 5.56 Å². The Labute approximate surface area is 122 Å². The Balaban J connectivity index is 1.87. The molecule has 0 spiro atoms. The van der Waals surface area contributed by atoms with E-state index in [9.17, 15) is 4.79 Å². The summed E-state index contributed by atoms with van der Waals surface area (Å²) in [6.45, 7) is 0.547. The van der Waals surface area contributed by atoms with Crippen molar-refractivity contribution in [2.24, 2.45) is 10.2 Å². The van der Waals surface area contributed by atoms with E-state index in [4.69, 9.17) is 11.6 Å². The molecule has 2 atom stereocenters. The molecule has 20 heavy (non-hydrogen) atoms. The number of hydrogen-bond acceptors (Lipinski definition) is 3. The number of ketones is 1. The highest BCUT2D eigenvalue weighted by Crippen LogP contribution is 2.30. The van der Waals surface area contributed by atoms with E-state index < -0.39 is 6.04 Å². The fraction of sp³-hybridized carbons (Fsp3) is 0.188. The highest BCUT2D eigenvalue weighted by atomic mass is 35.5. The van der Waals surface area contributed by atoms with Crippen molar-refractivity contribution in [2.75, 3.05) is 6.54 Å².